The molecule has 0 heterocycles. The van der Waals surface area contributed by atoms with E-state index in [9.17, 15) is 14.7 Å². The normalized spacial score (nSPS) is 9.65. The number of phenols is 1. The number of ketones is 1. The third kappa shape index (κ3) is 3.29. The molecule has 94 valence electrons. The van der Waals surface area contributed by atoms with Crippen LogP contribution < -0.4 is 5.90 Å². The number of hydrogen-bond donors (Lipinski definition) is 2. The van der Waals surface area contributed by atoms with Crippen molar-refractivity contribution in [3.63, 3.8) is 0 Å². The lowest BCUT2D eigenvalue weighted by molar-refractivity contribution is 0.0499. The number of carbonyl (C=O) groups is 2. The maximum Gasteiger partial charge on any atom is 0.360 e. The Hall–Kier alpha value is -1.88. The molecule has 0 saturated carbocycles. The number of aromatic hydroxyl groups is 1. The lowest BCUT2D eigenvalue weighted by atomic mass is 9.99. The first-order valence-corrected chi connectivity index (χ1v) is 4.75. The minimum absolute atomic E-state index is 0. The number of phenolic OH excluding ortho intramolecular Hbond substituents is 1. The Morgan fingerprint density at radius 1 is 1.35 bits per heavy atom. The van der Waals surface area contributed by atoms with Crippen molar-refractivity contribution in [1.82, 2.24) is 0 Å². The van der Waals surface area contributed by atoms with Crippen molar-refractivity contribution in [1.29, 1.82) is 0 Å². The SMILES string of the molecule is C.CC(C)C(=O)c1ccc(C(=O)ON)c(O)c1. The molecule has 17 heavy (non-hydrogen) atoms. The van der Waals surface area contributed by atoms with Crippen molar-refractivity contribution in [3.8, 4) is 5.75 Å². The van der Waals surface area contributed by atoms with Crippen molar-refractivity contribution in [2.45, 2.75) is 21.3 Å². The van der Waals surface area contributed by atoms with Gasteiger partial charge in [-0.1, -0.05) is 27.3 Å². The van der Waals surface area contributed by atoms with Crippen LogP contribution in [0.1, 0.15) is 42.0 Å². The van der Waals surface area contributed by atoms with Gasteiger partial charge in [-0.05, 0) is 12.1 Å². The minimum atomic E-state index is -0.846. The third-order valence-corrected chi connectivity index (χ3v) is 2.13. The van der Waals surface area contributed by atoms with E-state index in [-0.39, 0.29) is 30.4 Å². The van der Waals surface area contributed by atoms with Gasteiger partial charge in [0.15, 0.2) is 5.78 Å². The van der Waals surface area contributed by atoms with Gasteiger partial charge in [0, 0.05) is 11.5 Å². The largest absolute Gasteiger partial charge is 0.507 e. The predicted octanol–water partition coefficient (Wildman–Crippen LogP) is 1.90. The molecule has 0 unspecified atom stereocenters. The number of rotatable bonds is 3. The molecule has 0 aliphatic rings. The summed E-state index contributed by atoms with van der Waals surface area (Å²) in [6, 6.07) is 3.99. The summed E-state index contributed by atoms with van der Waals surface area (Å²) in [4.78, 5) is 26.6. The number of hydrogen-bond acceptors (Lipinski definition) is 5. The van der Waals surface area contributed by atoms with Crippen LogP contribution in [0.3, 0.4) is 0 Å². The topological polar surface area (TPSA) is 89.6 Å². The number of nitrogens with two attached hydrogens (primary N) is 1. The molecule has 0 radical (unpaired) electrons. The second-order valence-corrected chi connectivity index (χ2v) is 3.66. The molecule has 1 rings (SSSR count). The van der Waals surface area contributed by atoms with Gasteiger partial charge in [-0.3, -0.25) is 4.79 Å². The van der Waals surface area contributed by atoms with Crippen LogP contribution in [-0.2, 0) is 4.84 Å². The van der Waals surface area contributed by atoms with Crippen molar-refractivity contribution >= 4 is 11.8 Å². The summed E-state index contributed by atoms with van der Waals surface area (Å²) in [5, 5.41) is 9.51. The smallest absolute Gasteiger partial charge is 0.360 e. The first-order chi connectivity index (χ1) is 7.47. The van der Waals surface area contributed by atoms with Crippen molar-refractivity contribution in [3.05, 3.63) is 29.3 Å². The van der Waals surface area contributed by atoms with Gasteiger partial charge in [-0.15, -0.1) is 0 Å². The van der Waals surface area contributed by atoms with Crippen LogP contribution in [0.25, 0.3) is 0 Å². The van der Waals surface area contributed by atoms with Crippen LogP contribution in [0.2, 0.25) is 0 Å². The van der Waals surface area contributed by atoms with Gasteiger partial charge in [0.1, 0.15) is 11.3 Å². The van der Waals surface area contributed by atoms with Crippen LogP contribution in [0.5, 0.6) is 5.75 Å². The Morgan fingerprint density at radius 2 is 1.94 bits per heavy atom. The van der Waals surface area contributed by atoms with Crippen molar-refractivity contribution in [2.75, 3.05) is 0 Å². The maximum atomic E-state index is 11.6. The minimum Gasteiger partial charge on any atom is -0.507 e. The van der Waals surface area contributed by atoms with E-state index < -0.39 is 5.97 Å². The second-order valence-electron chi connectivity index (χ2n) is 3.66. The molecular weight excluding hydrogens is 222 g/mol. The highest BCUT2D eigenvalue weighted by Gasteiger charge is 2.16. The molecule has 0 amide bonds. The van der Waals surface area contributed by atoms with E-state index in [1.54, 1.807) is 13.8 Å². The fraction of sp³-hybridized carbons (Fsp3) is 0.333. The Labute approximate surface area is 100 Å². The fourth-order valence-electron chi connectivity index (χ4n) is 1.25. The predicted molar refractivity (Wildman–Crippen MR) is 63.6 cm³/mol. The third-order valence-electron chi connectivity index (χ3n) is 2.13. The molecule has 0 fully saturated rings. The van der Waals surface area contributed by atoms with Gasteiger partial charge in [0.25, 0.3) is 0 Å². The standard InChI is InChI=1S/C11H13NO4.CH4/c1-6(2)10(14)7-3-4-8(9(13)5-7)11(15)16-12;/h3-6,13H,12H2,1-2H3;1H4. The Bertz CT molecular complexity index is 427. The molecule has 1 aromatic rings. The van der Waals surface area contributed by atoms with E-state index in [1.165, 1.54) is 18.2 Å². The lowest BCUT2D eigenvalue weighted by Crippen LogP contribution is -2.12. The zero-order valence-electron chi connectivity index (χ0n) is 9.06. The molecule has 3 N–H and O–H groups in total. The molecule has 0 aliphatic heterocycles. The van der Waals surface area contributed by atoms with Crippen LogP contribution in [-0.4, -0.2) is 16.9 Å². The maximum absolute atomic E-state index is 11.6. The van der Waals surface area contributed by atoms with E-state index >= 15 is 0 Å². The average molecular weight is 239 g/mol. The van der Waals surface area contributed by atoms with Crippen LogP contribution in [0, 0.1) is 5.92 Å². The van der Waals surface area contributed by atoms with Crippen LogP contribution >= 0.6 is 0 Å². The molecule has 1 aromatic carbocycles. The van der Waals surface area contributed by atoms with E-state index in [4.69, 9.17) is 5.90 Å². The van der Waals surface area contributed by atoms with Gasteiger partial charge in [-0.2, -0.15) is 5.90 Å². The van der Waals surface area contributed by atoms with Gasteiger partial charge < -0.3 is 9.94 Å². The Morgan fingerprint density at radius 3 is 2.35 bits per heavy atom. The number of carbonyl (C=O) groups excluding carboxylic acids is 2. The molecule has 0 aliphatic carbocycles. The van der Waals surface area contributed by atoms with Gasteiger partial charge in [0.05, 0.1) is 0 Å². The van der Waals surface area contributed by atoms with Gasteiger partial charge in [0.2, 0.25) is 0 Å². The number of benzene rings is 1. The quantitative estimate of drug-likeness (QED) is 0.621. The summed E-state index contributed by atoms with van der Waals surface area (Å²) in [5.74, 6) is 3.24. The van der Waals surface area contributed by atoms with Crippen molar-refractivity contribution in [2.24, 2.45) is 11.8 Å². The lowest BCUT2D eigenvalue weighted by Gasteiger charge is -2.06. The average Bonchev–Trinajstić information content (AvgIpc) is 2.26. The van der Waals surface area contributed by atoms with Crippen LogP contribution in [0.15, 0.2) is 18.2 Å². The molecular formula is C12H17NO4. The van der Waals surface area contributed by atoms with E-state index in [1.807, 2.05) is 0 Å². The summed E-state index contributed by atoms with van der Waals surface area (Å²) in [6.45, 7) is 3.50. The first kappa shape index (κ1) is 15.1. The second kappa shape index (κ2) is 6.00. The Balaban J connectivity index is 0.00000256. The van der Waals surface area contributed by atoms with E-state index in [2.05, 4.69) is 4.84 Å². The monoisotopic (exact) mass is 239 g/mol. The first-order valence-electron chi connectivity index (χ1n) is 4.75. The molecule has 5 heteroatoms. The zero-order chi connectivity index (χ0) is 12.3. The van der Waals surface area contributed by atoms with Gasteiger partial charge in [-0.25, -0.2) is 4.79 Å². The van der Waals surface area contributed by atoms with Crippen molar-refractivity contribution < 1.29 is 19.5 Å². The highest BCUT2D eigenvalue weighted by molar-refractivity contribution is 6.00. The summed E-state index contributed by atoms with van der Waals surface area (Å²) in [6.07, 6.45) is 0. The van der Waals surface area contributed by atoms with E-state index in [0.29, 0.717) is 5.56 Å². The zero-order valence-corrected chi connectivity index (χ0v) is 9.06. The summed E-state index contributed by atoms with van der Waals surface area (Å²) < 4.78 is 0. The van der Waals surface area contributed by atoms with E-state index in [0.717, 1.165) is 0 Å². The molecule has 0 aromatic heterocycles. The Kier molecular flexibility index (Phi) is 5.34. The molecule has 0 spiro atoms. The van der Waals surface area contributed by atoms with Gasteiger partial charge >= 0.3 is 5.97 Å². The summed E-state index contributed by atoms with van der Waals surface area (Å²) in [5.41, 5.74) is 0.281. The fourth-order valence-corrected chi connectivity index (χ4v) is 1.25. The summed E-state index contributed by atoms with van der Waals surface area (Å²) in [7, 11) is 0. The summed E-state index contributed by atoms with van der Waals surface area (Å²) >= 11 is 0. The van der Waals surface area contributed by atoms with Crippen LogP contribution in [0.4, 0.5) is 0 Å². The number of Topliss-reactive ketones (excluding diaryl/α,β-unsaturated/α-hetero) is 1. The molecule has 5 nitrogen and oxygen atoms in total. The molecule has 0 saturated heterocycles. The highest BCUT2D eigenvalue weighted by Crippen LogP contribution is 2.21. The molecule has 0 atom stereocenters. The molecule has 0 bridgehead atoms. The highest BCUT2D eigenvalue weighted by atomic mass is 16.7.